The molecule has 2 aromatic rings. The van der Waals surface area contributed by atoms with Crippen LogP contribution in [0.2, 0.25) is 0 Å². The number of rotatable bonds is 10. The number of methoxy groups -OCH3 is 3. The molecule has 1 unspecified atom stereocenters. The molecule has 0 fully saturated rings. The van der Waals surface area contributed by atoms with Crippen molar-refractivity contribution in [3.8, 4) is 23.0 Å². The van der Waals surface area contributed by atoms with Crippen molar-refractivity contribution in [2.24, 2.45) is 4.99 Å². The van der Waals surface area contributed by atoms with Gasteiger partial charge in [-0.15, -0.1) is 0 Å². The first-order valence-electron chi connectivity index (χ1n) is 10.1. The molecule has 8 heteroatoms. The molecule has 0 aromatic heterocycles. The highest BCUT2D eigenvalue weighted by Crippen LogP contribution is 2.32. The Morgan fingerprint density at radius 2 is 1.58 bits per heavy atom. The molecular formula is C23H34N4O4. The van der Waals surface area contributed by atoms with E-state index in [4.69, 9.17) is 18.9 Å². The lowest BCUT2D eigenvalue weighted by Crippen LogP contribution is -2.38. The monoisotopic (exact) mass is 430 g/mol. The number of hydrogen-bond acceptors (Lipinski definition) is 6. The van der Waals surface area contributed by atoms with E-state index in [1.165, 1.54) is 0 Å². The van der Waals surface area contributed by atoms with Crippen LogP contribution < -0.4 is 29.6 Å². The average Bonchev–Trinajstić information content (AvgIpc) is 2.78. The second-order valence-electron chi connectivity index (χ2n) is 6.97. The molecule has 170 valence electrons. The van der Waals surface area contributed by atoms with Crippen LogP contribution in [0.1, 0.15) is 18.5 Å². The van der Waals surface area contributed by atoms with E-state index < -0.39 is 0 Å². The van der Waals surface area contributed by atoms with Crippen LogP contribution in [0.15, 0.2) is 41.4 Å². The molecule has 0 amide bonds. The molecule has 2 N–H and O–H groups in total. The van der Waals surface area contributed by atoms with E-state index in [-0.39, 0.29) is 6.04 Å². The highest BCUT2D eigenvalue weighted by Gasteiger charge is 2.17. The van der Waals surface area contributed by atoms with Gasteiger partial charge in [0.1, 0.15) is 0 Å². The quantitative estimate of drug-likeness (QED) is 0.442. The van der Waals surface area contributed by atoms with Gasteiger partial charge in [0, 0.05) is 25.3 Å². The highest BCUT2D eigenvalue weighted by molar-refractivity contribution is 5.93. The first kappa shape index (κ1) is 24.1. The number of benzene rings is 2. The van der Waals surface area contributed by atoms with Crippen LogP contribution >= 0.6 is 0 Å². The molecule has 0 saturated heterocycles. The zero-order valence-corrected chi connectivity index (χ0v) is 19.5. The van der Waals surface area contributed by atoms with Crippen LogP contribution in [0.4, 0.5) is 5.69 Å². The largest absolute Gasteiger partial charge is 0.493 e. The summed E-state index contributed by atoms with van der Waals surface area (Å²) in [4.78, 5) is 6.49. The number of ether oxygens (including phenoxy) is 4. The molecule has 0 aliphatic heterocycles. The summed E-state index contributed by atoms with van der Waals surface area (Å²) in [6.45, 7) is 3.13. The minimum absolute atomic E-state index is 0.0909. The Bertz CT molecular complexity index is 871. The summed E-state index contributed by atoms with van der Waals surface area (Å²) in [5.41, 5.74) is 1.96. The Kier molecular flexibility index (Phi) is 9.27. The molecule has 0 heterocycles. The van der Waals surface area contributed by atoms with E-state index in [9.17, 15) is 0 Å². The van der Waals surface area contributed by atoms with Gasteiger partial charge in [0.2, 0.25) is 0 Å². The zero-order valence-electron chi connectivity index (χ0n) is 19.5. The summed E-state index contributed by atoms with van der Waals surface area (Å²) < 4.78 is 21.8. The lowest BCUT2D eigenvalue weighted by molar-refractivity contribution is 0.296. The minimum atomic E-state index is 0.0909. The first-order valence-corrected chi connectivity index (χ1v) is 10.1. The average molecular weight is 431 g/mol. The molecular weight excluding hydrogens is 396 g/mol. The van der Waals surface area contributed by atoms with Crippen LogP contribution in [-0.2, 0) is 0 Å². The Hall–Kier alpha value is -3.13. The van der Waals surface area contributed by atoms with Gasteiger partial charge < -0.3 is 34.5 Å². The third-order valence-electron chi connectivity index (χ3n) is 4.83. The fourth-order valence-corrected chi connectivity index (χ4v) is 3.19. The van der Waals surface area contributed by atoms with Gasteiger partial charge >= 0.3 is 0 Å². The van der Waals surface area contributed by atoms with Gasteiger partial charge in [-0.2, -0.15) is 0 Å². The first-order chi connectivity index (χ1) is 15.0. The lowest BCUT2D eigenvalue weighted by Gasteiger charge is -2.26. The number of nitrogens with one attached hydrogen (secondary N) is 2. The Morgan fingerprint density at radius 3 is 2.16 bits per heavy atom. The smallest absolute Gasteiger partial charge is 0.195 e. The van der Waals surface area contributed by atoms with Gasteiger partial charge in [0.05, 0.1) is 34.0 Å². The zero-order chi connectivity index (χ0) is 22.8. The van der Waals surface area contributed by atoms with E-state index in [1.807, 2.05) is 57.4 Å². The van der Waals surface area contributed by atoms with Crippen LogP contribution in [0.25, 0.3) is 0 Å². The summed E-state index contributed by atoms with van der Waals surface area (Å²) in [5.74, 6) is 3.44. The number of hydrogen-bond donors (Lipinski definition) is 2. The maximum Gasteiger partial charge on any atom is 0.195 e. The van der Waals surface area contributed by atoms with Crippen molar-refractivity contribution in [3.63, 3.8) is 0 Å². The molecule has 1 atom stereocenters. The second kappa shape index (κ2) is 11.9. The maximum absolute atomic E-state index is 5.66. The standard InChI is InChI=1S/C23H34N4O4/c1-8-31-22-14-17(10-12-20(22)29-6)26-23(24-2)25-15-18(27(3)4)16-9-11-19(28-5)21(13-16)30-7/h9-14,18H,8,15H2,1-7H3,(H2,24,25,26). The van der Waals surface area contributed by atoms with Crippen LogP contribution in [0.3, 0.4) is 0 Å². The van der Waals surface area contributed by atoms with Crippen LogP contribution in [0, 0.1) is 0 Å². The van der Waals surface area contributed by atoms with E-state index in [0.717, 1.165) is 11.3 Å². The van der Waals surface area contributed by atoms with Crippen LogP contribution in [-0.4, -0.2) is 66.5 Å². The van der Waals surface area contributed by atoms with E-state index in [1.54, 1.807) is 28.4 Å². The maximum atomic E-state index is 5.66. The molecule has 2 rings (SSSR count). The second-order valence-corrected chi connectivity index (χ2v) is 6.97. The van der Waals surface area contributed by atoms with Crippen molar-refractivity contribution in [2.45, 2.75) is 13.0 Å². The van der Waals surface area contributed by atoms with Crippen LogP contribution in [0.5, 0.6) is 23.0 Å². The summed E-state index contributed by atoms with van der Waals surface area (Å²) in [5, 5.41) is 6.70. The minimum Gasteiger partial charge on any atom is -0.493 e. The number of nitrogens with zero attached hydrogens (tertiary/aromatic N) is 2. The van der Waals surface area contributed by atoms with Crippen molar-refractivity contribution in [2.75, 3.05) is 60.9 Å². The molecule has 2 aromatic carbocycles. The number of guanidine groups is 1. The van der Waals surface area contributed by atoms with Gasteiger partial charge in [0.25, 0.3) is 0 Å². The van der Waals surface area contributed by atoms with Crippen molar-refractivity contribution < 1.29 is 18.9 Å². The molecule has 0 bridgehead atoms. The van der Waals surface area contributed by atoms with Crippen molar-refractivity contribution in [3.05, 3.63) is 42.0 Å². The third kappa shape index (κ3) is 6.42. The van der Waals surface area contributed by atoms with E-state index in [0.29, 0.717) is 42.1 Å². The normalized spacial score (nSPS) is 12.3. The lowest BCUT2D eigenvalue weighted by atomic mass is 10.1. The molecule has 0 aliphatic carbocycles. The summed E-state index contributed by atoms with van der Waals surface area (Å²) in [7, 11) is 10.7. The van der Waals surface area contributed by atoms with E-state index >= 15 is 0 Å². The van der Waals surface area contributed by atoms with E-state index in [2.05, 4.69) is 20.5 Å². The van der Waals surface area contributed by atoms with Crippen molar-refractivity contribution in [1.29, 1.82) is 0 Å². The summed E-state index contributed by atoms with van der Waals surface area (Å²) >= 11 is 0. The highest BCUT2D eigenvalue weighted by atomic mass is 16.5. The van der Waals surface area contributed by atoms with Gasteiger partial charge in [0.15, 0.2) is 29.0 Å². The Morgan fingerprint density at radius 1 is 0.935 bits per heavy atom. The predicted molar refractivity (Wildman–Crippen MR) is 125 cm³/mol. The SMILES string of the molecule is CCOc1cc(NC(=NC)NCC(c2ccc(OC)c(OC)c2)N(C)C)ccc1OC. The predicted octanol–water partition coefficient (Wildman–Crippen LogP) is 3.40. The summed E-state index contributed by atoms with van der Waals surface area (Å²) in [6.07, 6.45) is 0. The number of aliphatic imine (C=N–C) groups is 1. The number of anilines is 1. The molecule has 31 heavy (non-hydrogen) atoms. The van der Waals surface area contributed by atoms with Gasteiger partial charge in [-0.3, -0.25) is 4.99 Å². The topological polar surface area (TPSA) is 76.6 Å². The Labute approximate surface area is 185 Å². The summed E-state index contributed by atoms with van der Waals surface area (Å²) in [6, 6.07) is 11.7. The molecule has 0 aliphatic rings. The van der Waals surface area contributed by atoms with Gasteiger partial charge in [-0.1, -0.05) is 6.07 Å². The third-order valence-corrected chi connectivity index (χ3v) is 4.83. The number of likely N-dealkylation sites (N-methyl/N-ethyl adjacent to an activating group) is 1. The van der Waals surface area contributed by atoms with Gasteiger partial charge in [-0.25, -0.2) is 0 Å². The molecule has 8 nitrogen and oxygen atoms in total. The molecule has 0 saturated carbocycles. The fourth-order valence-electron chi connectivity index (χ4n) is 3.19. The van der Waals surface area contributed by atoms with Gasteiger partial charge in [-0.05, 0) is 50.8 Å². The van der Waals surface area contributed by atoms with Crippen molar-refractivity contribution in [1.82, 2.24) is 10.2 Å². The fraction of sp³-hybridized carbons (Fsp3) is 0.435. The molecule has 0 radical (unpaired) electrons. The molecule has 0 spiro atoms. The van der Waals surface area contributed by atoms with Crippen molar-refractivity contribution >= 4 is 11.6 Å². The Balaban J connectivity index is 2.13.